The SMILES string of the molecule is CSCC[C@H](NC(=O)[C@@H](N)CS)C(=O)N[C@@H](Cc1cnc[nH]1)C(=O)N[C@@H](CC(C)C)C(=O)N[C@@H](CS)C(=O)N[C@H](C(=O)N[C@@H](CCCN=C(N)N)C(=O)N[C@@H](C)C(=O)N[C@@H](CS)C(=O)O)[C@@H](C)O. The van der Waals surface area contributed by atoms with Crippen molar-refractivity contribution >= 4 is 109 Å². The number of carboxylic acids is 1. The number of guanidine groups is 1. The number of nitrogens with zero attached hydrogens (tertiary/aromatic N) is 2. The summed E-state index contributed by atoms with van der Waals surface area (Å²) in [6, 6.07) is -11.9. The predicted octanol–water partition coefficient (Wildman–Crippen LogP) is -4.71. The number of carbonyl (C=O) groups is 9. The van der Waals surface area contributed by atoms with Crippen LogP contribution in [0.1, 0.15) is 59.1 Å². The van der Waals surface area contributed by atoms with Gasteiger partial charge in [0.25, 0.3) is 0 Å². The number of rotatable bonds is 32. The number of nitrogens with two attached hydrogens (primary N) is 3. The standard InChI is InChI=1S/C39H68N14O11S4/c1-18(2)11-25(49-35(60)26(12-21-13-43-17-45-21)50-33(58)24(8-10-68-5)47-31(56)22(40)14-65)34(59)51-27(15-66)36(61)53-29(20(4)54)37(62)48-23(7-6-9-44-39(41)42)32(57)46-19(3)30(55)52-28(16-67)38(63)64/h13,17-20,22-29,54,65-67H,6-12,14-16,40H2,1-5H3,(H,43,45)(H,46,57)(H,47,56)(H,48,62)(H,49,60)(H,50,58)(H,51,59)(H,52,55)(H,53,61)(H,63,64)(H4,41,42,44)/t19-,20+,22-,23-,24-,25-,26-,27-,28-,29-/m0/s1. The van der Waals surface area contributed by atoms with Crippen LogP contribution < -0.4 is 59.7 Å². The second-order valence-corrected chi connectivity index (χ2v) is 18.0. The van der Waals surface area contributed by atoms with Gasteiger partial charge in [0.1, 0.15) is 48.3 Å². The summed E-state index contributed by atoms with van der Waals surface area (Å²) in [5.74, 6) is -8.59. The number of thiol groups is 3. The average Bonchev–Trinajstić information content (AvgIpc) is 3.80. The molecule has 384 valence electrons. The minimum absolute atomic E-state index is 0.0187. The third-order valence-corrected chi connectivity index (χ3v) is 11.5. The maximum absolute atomic E-state index is 14.0. The van der Waals surface area contributed by atoms with Crippen LogP contribution >= 0.6 is 49.6 Å². The highest BCUT2D eigenvalue weighted by molar-refractivity contribution is 7.98. The second kappa shape index (κ2) is 32.0. The fourth-order valence-electron chi connectivity index (χ4n) is 5.96. The fraction of sp³-hybridized carbons (Fsp3) is 0.667. The number of carbonyl (C=O) groups excluding carboxylic acids is 8. The lowest BCUT2D eigenvalue weighted by Gasteiger charge is -2.28. The van der Waals surface area contributed by atoms with Crippen LogP contribution in [-0.2, 0) is 49.6 Å². The summed E-state index contributed by atoms with van der Waals surface area (Å²) in [6.07, 6.45) is 3.22. The molecule has 1 aromatic rings. The van der Waals surface area contributed by atoms with Crippen molar-refractivity contribution in [3.05, 3.63) is 18.2 Å². The number of aliphatic carboxylic acids is 1. The molecule has 10 atom stereocenters. The Labute approximate surface area is 415 Å². The number of aliphatic hydroxyl groups is 1. The first kappa shape index (κ1) is 61.0. The van der Waals surface area contributed by atoms with Gasteiger partial charge >= 0.3 is 5.97 Å². The van der Waals surface area contributed by atoms with Crippen molar-refractivity contribution in [1.82, 2.24) is 52.5 Å². The number of hydrogen-bond acceptors (Lipinski definition) is 17. The third kappa shape index (κ3) is 22.4. The normalized spacial score (nSPS) is 15.5. The molecule has 0 bridgehead atoms. The quantitative estimate of drug-likeness (QED) is 0.0140. The molecule has 68 heavy (non-hydrogen) atoms. The summed E-state index contributed by atoms with van der Waals surface area (Å²) >= 11 is 13.6. The third-order valence-electron chi connectivity index (χ3n) is 9.73. The maximum atomic E-state index is 14.0. The second-order valence-electron chi connectivity index (χ2n) is 16.0. The largest absolute Gasteiger partial charge is 0.480 e. The van der Waals surface area contributed by atoms with Gasteiger partial charge in [0.2, 0.25) is 47.3 Å². The number of thioether (sulfide) groups is 1. The number of carboxylic acid groups (broad SMARTS) is 1. The number of aromatic amines is 1. The molecule has 0 saturated heterocycles. The Kier molecular flexibility index (Phi) is 28.7. The van der Waals surface area contributed by atoms with Gasteiger partial charge in [-0.15, -0.1) is 0 Å². The molecule has 1 aromatic heterocycles. The van der Waals surface area contributed by atoms with E-state index in [9.17, 15) is 53.4 Å². The van der Waals surface area contributed by atoms with E-state index in [1.54, 1.807) is 13.8 Å². The maximum Gasteiger partial charge on any atom is 0.327 e. The first-order valence-corrected chi connectivity index (χ1v) is 24.7. The smallest absolute Gasteiger partial charge is 0.327 e. The van der Waals surface area contributed by atoms with Gasteiger partial charge in [-0.1, -0.05) is 13.8 Å². The monoisotopic (exact) mass is 1040 g/mol. The molecule has 25 nitrogen and oxygen atoms in total. The zero-order valence-electron chi connectivity index (χ0n) is 38.5. The van der Waals surface area contributed by atoms with Crippen LogP contribution in [0.4, 0.5) is 0 Å². The van der Waals surface area contributed by atoms with Crippen LogP contribution in [0.3, 0.4) is 0 Å². The highest BCUT2D eigenvalue weighted by Gasteiger charge is 2.35. The number of H-pyrrole nitrogens is 1. The molecule has 0 aliphatic rings. The summed E-state index contributed by atoms with van der Waals surface area (Å²) in [5, 5.41) is 39.8. The van der Waals surface area contributed by atoms with E-state index < -0.39 is 114 Å². The van der Waals surface area contributed by atoms with E-state index in [-0.39, 0.29) is 67.8 Å². The summed E-state index contributed by atoms with van der Waals surface area (Å²) in [5.41, 5.74) is 17.1. The number of aliphatic hydroxyl groups excluding tert-OH is 1. The van der Waals surface area contributed by atoms with E-state index in [4.69, 9.17) is 17.2 Å². The molecule has 0 spiro atoms. The van der Waals surface area contributed by atoms with Crippen LogP contribution in [0, 0.1) is 5.92 Å². The van der Waals surface area contributed by atoms with E-state index in [2.05, 4.69) is 95.4 Å². The van der Waals surface area contributed by atoms with Gasteiger partial charge in [-0.3, -0.25) is 43.3 Å². The topological polar surface area (TPSA) is 409 Å². The lowest BCUT2D eigenvalue weighted by Crippen LogP contribution is -2.62. The van der Waals surface area contributed by atoms with Gasteiger partial charge in [-0.2, -0.15) is 49.6 Å². The Hall–Kier alpha value is -4.97. The van der Waals surface area contributed by atoms with Gasteiger partial charge in [0.15, 0.2) is 5.96 Å². The molecule has 0 radical (unpaired) electrons. The van der Waals surface area contributed by atoms with Crippen molar-refractivity contribution in [2.75, 3.05) is 35.8 Å². The molecule has 0 unspecified atom stereocenters. The molecule has 0 aliphatic heterocycles. The van der Waals surface area contributed by atoms with Crippen LogP contribution in [0.2, 0.25) is 0 Å². The van der Waals surface area contributed by atoms with Gasteiger partial charge < -0.3 is 74.9 Å². The highest BCUT2D eigenvalue weighted by atomic mass is 32.2. The van der Waals surface area contributed by atoms with E-state index in [0.29, 0.717) is 11.4 Å². The van der Waals surface area contributed by atoms with Crippen LogP contribution in [0.15, 0.2) is 17.5 Å². The molecule has 0 aromatic carbocycles. The van der Waals surface area contributed by atoms with Gasteiger partial charge in [0.05, 0.1) is 18.5 Å². The van der Waals surface area contributed by atoms with E-state index in [0.717, 1.165) is 0 Å². The molecule has 1 rings (SSSR count). The minimum Gasteiger partial charge on any atom is -0.480 e. The zero-order chi connectivity index (χ0) is 51.7. The number of amides is 8. The molecule has 29 heteroatoms. The van der Waals surface area contributed by atoms with E-state index in [1.807, 2.05) is 6.26 Å². The molecule has 8 amide bonds. The Morgan fingerprint density at radius 1 is 0.691 bits per heavy atom. The number of aromatic nitrogens is 2. The minimum atomic E-state index is -1.72. The summed E-state index contributed by atoms with van der Waals surface area (Å²) in [6.45, 7) is 6.05. The zero-order valence-corrected chi connectivity index (χ0v) is 42.0. The lowest BCUT2D eigenvalue weighted by molar-refractivity contribution is -0.141. The van der Waals surface area contributed by atoms with Crippen LogP contribution in [0.25, 0.3) is 0 Å². The molecule has 17 N–H and O–H groups in total. The Morgan fingerprint density at radius 3 is 1.74 bits per heavy atom. The Balaban J connectivity index is 3.32. The van der Waals surface area contributed by atoms with E-state index >= 15 is 0 Å². The molecule has 0 aliphatic carbocycles. The van der Waals surface area contributed by atoms with Crippen LogP contribution in [0.5, 0.6) is 0 Å². The molecule has 1 heterocycles. The Morgan fingerprint density at radius 2 is 1.21 bits per heavy atom. The van der Waals surface area contributed by atoms with Crippen molar-refractivity contribution in [2.24, 2.45) is 28.1 Å². The van der Waals surface area contributed by atoms with Crippen molar-refractivity contribution in [1.29, 1.82) is 0 Å². The van der Waals surface area contributed by atoms with Crippen molar-refractivity contribution in [3.63, 3.8) is 0 Å². The van der Waals surface area contributed by atoms with E-state index in [1.165, 1.54) is 38.1 Å². The summed E-state index contributed by atoms with van der Waals surface area (Å²) in [4.78, 5) is 130. The molecular weight excluding hydrogens is 969 g/mol. The highest BCUT2D eigenvalue weighted by Crippen LogP contribution is 2.10. The number of imidazole rings is 1. The summed E-state index contributed by atoms with van der Waals surface area (Å²) in [7, 11) is 0. The number of aliphatic imine (C=N–C) groups is 1. The average molecular weight is 1040 g/mol. The first-order chi connectivity index (χ1) is 32.0. The first-order valence-electron chi connectivity index (χ1n) is 21.4. The lowest BCUT2D eigenvalue weighted by atomic mass is 10.0. The van der Waals surface area contributed by atoms with Crippen molar-refractivity contribution in [3.8, 4) is 0 Å². The van der Waals surface area contributed by atoms with Gasteiger partial charge in [0, 0.05) is 42.1 Å². The number of hydrogen-bond donors (Lipinski definition) is 17. The Bertz CT molecular complexity index is 1860. The summed E-state index contributed by atoms with van der Waals surface area (Å²) < 4.78 is 0. The van der Waals surface area contributed by atoms with Crippen molar-refractivity contribution in [2.45, 2.75) is 120 Å². The van der Waals surface area contributed by atoms with Crippen molar-refractivity contribution < 1.29 is 53.4 Å². The molecular formula is C39H68N14O11S4. The predicted molar refractivity (Wildman–Crippen MR) is 265 cm³/mol. The molecule has 0 saturated carbocycles. The van der Waals surface area contributed by atoms with Gasteiger partial charge in [-0.05, 0) is 57.5 Å². The van der Waals surface area contributed by atoms with Crippen LogP contribution in [-0.4, -0.2) is 176 Å². The fourth-order valence-corrected chi connectivity index (χ4v) is 7.10. The number of nitrogens with one attached hydrogen (secondary N) is 9. The van der Waals surface area contributed by atoms with Gasteiger partial charge in [-0.25, -0.2) is 9.78 Å². The molecule has 0 fully saturated rings.